The Bertz CT molecular complexity index is 1310. The number of nitrogens with two attached hydrogens (primary N) is 1. The van der Waals surface area contributed by atoms with Gasteiger partial charge in [-0.05, 0) is 22.2 Å². The summed E-state index contributed by atoms with van der Waals surface area (Å²) in [7, 11) is 0. The smallest absolute Gasteiger partial charge is 0.390 e. The Morgan fingerprint density at radius 2 is 2.03 bits per heavy atom. The van der Waals surface area contributed by atoms with E-state index in [-0.39, 0.29) is 29.6 Å². The summed E-state index contributed by atoms with van der Waals surface area (Å²) in [6.45, 7) is 1.52. The Morgan fingerprint density at radius 3 is 2.69 bits per heavy atom. The van der Waals surface area contributed by atoms with Crippen LogP contribution in [0.4, 0.5) is 11.8 Å². The number of carbonyl (C=O) groups is 1. The zero-order chi connectivity index (χ0) is 22.7. The lowest BCUT2D eigenvalue weighted by atomic mass is 10.1. The van der Waals surface area contributed by atoms with Crippen LogP contribution in [0.25, 0.3) is 17.1 Å². The molecule has 0 radical (unpaired) electrons. The number of hydrazone groups is 1. The van der Waals surface area contributed by atoms with Gasteiger partial charge >= 0.3 is 5.95 Å². The number of benzene rings is 1. The summed E-state index contributed by atoms with van der Waals surface area (Å²) in [6.07, 6.45) is 0. The van der Waals surface area contributed by atoms with Crippen LogP contribution in [-0.2, 0) is 6.54 Å². The van der Waals surface area contributed by atoms with Crippen molar-refractivity contribution in [2.45, 2.75) is 13.5 Å². The van der Waals surface area contributed by atoms with Crippen LogP contribution in [-0.4, -0.2) is 62.1 Å². The molecule has 17 nitrogen and oxygen atoms in total. The summed E-state index contributed by atoms with van der Waals surface area (Å²) in [5.41, 5.74) is 9.27. The Balaban J connectivity index is 1.59. The molecule has 1 aromatic carbocycles. The Labute approximate surface area is 177 Å². The van der Waals surface area contributed by atoms with Crippen molar-refractivity contribution in [3.8, 4) is 17.1 Å². The van der Waals surface area contributed by atoms with E-state index in [2.05, 4.69) is 51.2 Å². The third-order valence-electron chi connectivity index (χ3n) is 3.95. The highest BCUT2D eigenvalue weighted by atomic mass is 16.6. The number of nitro groups is 1. The van der Waals surface area contributed by atoms with Gasteiger partial charge in [-0.25, -0.2) is 10.1 Å². The molecule has 0 aliphatic carbocycles. The predicted molar refractivity (Wildman–Crippen MR) is 104 cm³/mol. The summed E-state index contributed by atoms with van der Waals surface area (Å²) in [4.78, 5) is 23.6. The average molecular weight is 439 g/mol. The topological polar surface area (TPSA) is 224 Å². The summed E-state index contributed by atoms with van der Waals surface area (Å²) >= 11 is 0. The molecule has 0 spiro atoms. The van der Waals surface area contributed by atoms with Gasteiger partial charge in [0, 0.05) is 10.8 Å². The quantitative estimate of drug-likeness (QED) is 0.213. The van der Waals surface area contributed by atoms with E-state index in [1.807, 2.05) is 0 Å². The number of rotatable bonds is 7. The van der Waals surface area contributed by atoms with Crippen molar-refractivity contribution < 1.29 is 14.3 Å². The lowest BCUT2D eigenvalue weighted by Crippen LogP contribution is -2.22. The molecule has 4 rings (SSSR count). The Hall–Kier alpha value is -5.09. The van der Waals surface area contributed by atoms with Crippen LogP contribution in [0.1, 0.15) is 17.4 Å². The van der Waals surface area contributed by atoms with E-state index in [9.17, 15) is 14.9 Å². The molecule has 3 aromatic heterocycles. The molecule has 17 heteroatoms. The number of nitrogens with zero attached hydrogens (tertiary/aromatic N) is 11. The number of nitrogens with one attached hydrogen (secondary N) is 1. The number of tetrazole rings is 1. The number of nitrogen functional groups attached to an aromatic ring is 1. The highest BCUT2D eigenvalue weighted by Crippen LogP contribution is 2.26. The molecule has 3 heterocycles. The van der Waals surface area contributed by atoms with Gasteiger partial charge in [0.25, 0.3) is 5.91 Å². The van der Waals surface area contributed by atoms with Crippen LogP contribution in [0.3, 0.4) is 0 Å². The first kappa shape index (κ1) is 20.2. The summed E-state index contributed by atoms with van der Waals surface area (Å²) < 4.78 is 5.84. The first-order valence-electron chi connectivity index (χ1n) is 8.79. The SMILES string of the molecule is CC(Cn1nnc([N+](=O)[O-])n1)=NNC(=O)c1nnn(-c2nonc2N)c1-c1ccccc1. The summed E-state index contributed by atoms with van der Waals surface area (Å²) in [5, 5.41) is 40.1. The minimum Gasteiger partial charge on any atom is -0.390 e. The molecular formula is C15H13N13O4. The molecule has 0 unspecified atom stereocenters. The zero-order valence-electron chi connectivity index (χ0n) is 16.2. The van der Waals surface area contributed by atoms with Crippen molar-refractivity contribution >= 4 is 23.4 Å². The molecule has 0 saturated carbocycles. The molecular weight excluding hydrogens is 426 g/mol. The third kappa shape index (κ3) is 3.97. The van der Waals surface area contributed by atoms with E-state index in [4.69, 9.17) is 5.73 Å². The van der Waals surface area contributed by atoms with E-state index in [1.165, 1.54) is 4.68 Å². The molecule has 0 atom stereocenters. The van der Waals surface area contributed by atoms with Gasteiger partial charge in [-0.3, -0.25) is 4.79 Å². The summed E-state index contributed by atoms with van der Waals surface area (Å²) in [5.74, 6) is -1.30. The molecule has 0 aliphatic rings. The zero-order valence-corrected chi connectivity index (χ0v) is 16.2. The van der Waals surface area contributed by atoms with Crippen molar-refractivity contribution in [1.82, 2.24) is 50.9 Å². The highest BCUT2D eigenvalue weighted by Gasteiger charge is 2.25. The molecule has 0 fully saturated rings. The van der Waals surface area contributed by atoms with Gasteiger partial charge in [-0.1, -0.05) is 40.3 Å². The minimum atomic E-state index is -0.774. The van der Waals surface area contributed by atoms with E-state index in [1.54, 1.807) is 37.3 Å². The number of hydrogen-bond acceptors (Lipinski definition) is 13. The van der Waals surface area contributed by atoms with E-state index < -0.39 is 16.8 Å². The fourth-order valence-corrected chi connectivity index (χ4v) is 2.59. The van der Waals surface area contributed by atoms with Crippen LogP contribution >= 0.6 is 0 Å². The predicted octanol–water partition coefficient (Wildman–Crippen LogP) is -0.400. The number of anilines is 1. The first-order chi connectivity index (χ1) is 15.4. The molecule has 162 valence electrons. The van der Waals surface area contributed by atoms with Crippen LogP contribution in [0.5, 0.6) is 0 Å². The van der Waals surface area contributed by atoms with Crippen LogP contribution in [0, 0.1) is 10.1 Å². The second kappa shape index (κ2) is 8.34. The molecule has 0 bridgehead atoms. The molecule has 1 amide bonds. The van der Waals surface area contributed by atoms with Crippen molar-refractivity contribution in [2.24, 2.45) is 5.10 Å². The van der Waals surface area contributed by atoms with Gasteiger partial charge in [-0.15, -0.1) is 5.10 Å². The van der Waals surface area contributed by atoms with Crippen LogP contribution in [0.15, 0.2) is 40.1 Å². The maximum absolute atomic E-state index is 12.8. The minimum absolute atomic E-state index is 0.0395. The standard InChI is InChI=1S/C15H13N13O4/c1-8(7-26-21-15(20-24-26)28(30)31)17-19-14(29)10-11(9-5-3-2-4-6-9)27(25-18-10)13-12(16)22-32-23-13/h2-6H,7H2,1H3,(H2,16,22)(H,19,29). The molecule has 4 aromatic rings. The van der Waals surface area contributed by atoms with E-state index in [0.717, 1.165) is 4.80 Å². The van der Waals surface area contributed by atoms with Gasteiger partial charge < -0.3 is 15.8 Å². The van der Waals surface area contributed by atoms with Gasteiger partial charge in [0.15, 0.2) is 5.69 Å². The largest absolute Gasteiger partial charge is 0.514 e. The second-order valence-electron chi connectivity index (χ2n) is 6.20. The van der Waals surface area contributed by atoms with Crippen molar-refractivity contribution in [3.05, 3.63) is 46.1 Å². The fraction of sp³-hybridized carbons (Fsp3) is 0.133. The monoisotopic (exact) mass is 439 g/mol. The van der Waals surface area contributed by atoms with Crippen molar-refractivity contribution in [3.63, 3.8) is 0 Å². The Kier molecular flexibility index (Phi) is 5.26. The lowest BCUT2D eigenvalue weighted by Gasteiger charge is -2.05. The third-order valence-corrected chi connectivity index (χ3v) is 3.95. The fourth-order valence-electron chi connectivity index (χ4n) is 2.59. The van der Waals surface area contributed by atoms with Crippen LogP contribution < -0.4 is 11.2 Å². The molecule has 0 saturated heterocycles. The van der Waals surface area contributed by atoms with Crippen molar-refractivity contribution in [2.75, 3.05) is 5.73 Å². The normalized spacial score (nSPS) is 11.5. The molecule has 32 heavy (non-hydrogen) atoms. The summed E-state index contributed by atoms with van der Waals surface area (Å²) in [6, 6.07) is 8.83. The maximum atomic E-state index is 12.8. The molecule has 3 N–H and O–H groups in total. The van der Waals surface area contributed by atoms with Gasteiger partial charge in [0.05, 0.1) is 15.9 Å². The van der Waals surface area contributed by atoms with Gasteiger partial charge in [0.2, 0.25) is 11.6 Å². The van der Waals surface area contributed by atoms with E-state index in [0.29, 0.717) is 11.3 Å². The second-order valence-corrected chi connectivity index (χ2v) is 6.20. The Morgan fingerprint density at radius 1 is 1.25 bits per heavy atom. The first-order valence-corrected chi connectivity index (χ1v) is 8.79. The number of aromatic nitrogens is 9. The maximum Gasteiger partial charge on any atom is 0.514 e. The average Bonchev–Trinajstić information content (AvgIpc) is 3.52. The van der Waals surface area contributed by atoms with Crippen molar-refractivity contribution in [1.29, 1.82) is 0 Å². The molecule has 0 aliphatic heterocycles. The van der Waals surface area contributed by atoms with Crippen LogP contribution in [0.2, 0.25) is 0 Å². The lowest BCUT2D eigenvalue weighted by molar-refractivity contribution is -0.394. The van der Waals surface area contributed by atoms with Gasteiger partial charge in [0.1, 0.15) is 12.2 Å². The number of hydrogen-bond donors (Lipinski definition) is 2. The van der Waals surface area contributed by atoms with E-state index >= 15 is 0 Å². The number of amides is 1. The highest BCUT2D eigenvalue weighted by molar-refractivity contribution is 5.99. The number of carbonyl (C=O) groups excluding carboxylic acids is 1. The van der Waals surface area contributed by atoms with Gasteiger partial charge in [-0.2, -0.15) is 9.78 Å².